The summed E-state index contributed by atoms with van der Waals surface area (Å²) >= 11 is 0. The van der Waals surface area contributed by atoms with E-state index in [1.165, 1.54) is 180 Å². The highest BCUT2D eigenvalue weighted by molar-refractivity contribution is 5.80. The lowest BCUT2D eigenvalue weighted by Gasteiger charge is -2.41. The highest BCUT2D eigenvalue weighted by Crippen LogP contribution is 2.26. The van der Waals surface area contributed by atoms with Crippen molar-refractivity contribution in [1.82, 2.24) is 5.32 Å². The molecule has 0 aromatic heterocycles. The summed E-state index contributed by atoms with van der Waals surface area (Å²) in [6, 6.07) is -1.02. The van der Waals surface area contributed by atoms with E-state index in [1.807, 2.05) is 6.08 Å². The second-order valence-electron chi connectivity index (χ2n) is 21.8. The van der Waals surface area contributed by atoms with E-state index in [2.05, 4.69) is 38.2 Å². The Morgan fingerprint density at radius 1 is 0.521 bits per heavy atom. The number of allylic oxidation sites excluding steroid dienone is 3. The minimum Gasteiger partial charge on any atom is -0.454 e. The third-order valence-electron chi connectivity index (χ3n) is 14.9. The predicted octanol–water partition coefficient (Wildman–Crippen LogP) is 14.5. The van der Waals surface area contributed by atoms with Crippen LogP contribution in [0.4, 0.5) is 0 Å². The standard InChI is InChI=1S/C62H117NO10/c1-4-7-10-13-16-19-22-24-26-28-30-32-35-38-41-44-47-50-57(67)73-60-59(69)58(68)56(51-64)72-62(60)71-52-53(54(65)48-45-42-39-36-33-21-18-15-12-9-6-3)63-61(70)55(66)49-46-43-40-37-34-31-29-27-25-23-20-17-14-11-8-5-2/h24,26,45,48,53-56,58-60,62,64-66,68-69H,4-23,25,27-44,46-47,49-52H2,1-3H3,(H,63,70)/b26-24+,48-45+. The van der Waals surface area contributed by atoms with Gasteiger partial charge >= 0.3 is 5.97 Å². The number of aliphatic hydroxyl groups excluding tert-OH is 5. The maximum absolute atomic E-state index is 13.4. The maximum Gasteiger partial charge on any atom is 0.306 e. The number of ether oxygens (including phenoxy) is 3. The number of aliphatic hydroxyl groups is 5. The Balaban J connectivity index is 2.66. The Morgan fingerprint density at radius 3 is 1.33 bits per heavy atom. The summed E-state index contributed by atoms with van der Waals surface area (Å²) in [7, 11) is 0. The molecule has 430 valence electrons. The van der Waals surface area contributed by atoms with Crippen molar-refractivity contribution in [3.8, 4) is 0 Å². The number of hydrogen-bond acceptors (Lipinski definition) is 10. The van der Waals surface area contributed by atoms with Gasteiger partial charge < -0.3 is 45.1 Å². The molecule has 1 heterocycles. The van der Waals surface area contributed by atoms with Gasteiger partial charge in [0.15, 0.2) is 12.4 Å². The van der Waals surface area contributed by atoms with Gasteiger partial charge in [0, 0.05) is 6.42 Å². The fraction of sp³-hybridized carbons (Fsp3) is 0.903. The van der Waals surface area contributed by atoms with Crippen molar-refractivity contribution in [1.29, 1.82) is 0 Å². The van der Waals surface area contributed by atoms with Gasteiger partial charge in [-0.3, -0.25) is 9.59 Å². The molecule has 0 aromatic carbocycles. The Bertz CT molecular complexity index is 1280. The number of carbonyl (C=O) groups is 2. The second-order valence-corrected chi connectivity index (χ2v) is 21.8. The quantitative estimate of drug-likeness (QED) is 0.0195. The average molecular weight is 1040 g/mol. The van der Waals surface area contributed by atoms with Gasteiger partial charge in [0.1, 0.15) is 24.4 Å². The first-order valence-electron chi connectivity index (χ1n) is 31.1. The molecule has 0 aliphatic carbocycles. The predicted molar refractivity (Wildman–Crippen MR) is 301 cm³/mol. The molecule has 0 spiro atoms. The van der Waals surface area contributed by atoms with Crippen LogP contribution in [0.2, 0.25) is 0 Å². The molecule has 0 aromatic rings. The summed E-state index contributed by atoms with van der Waals surface area (Å²) in [6.45, 7) is 5.80. The third kappa shape index (κ3) is 39.2. The molecule has 0 radical (unpaired) electrons. The van der Waals surface area contributed by atoms with Crippen molar-refractivity contribution in [3.63, 3.8) is 0 Å². The zero-order valence-corrected chi connectivity index (χ0v) is 47.5. The molecule has 1 aliphatic rings. The molecule has 6 N–H and O–H groups in total. The van der Waals surface area contributed by atoms with E-state index in [1.54, 1.807) is 6.08 Å². The van der Waals surface area contributed by atoms with Crippen molar-refractivity contribution < 1.29 is 49.3 Å². The fourth-order valence-electron chi connectivity index (χ4n) is 9.88. The highest BCUT2D eigenvalue weighted by atomic mass is 16.7. The van der Waals surface area contributed by atoms with Crippen LogP contribution < -0.4 is 5.32 Å². The molecule has 1 rings (SSSR count). The van der Waals surface area contributed by atoms with E-state index in [-0.39, 0.29) is 13.0 Å². The van der Waals surface area contributed by atoms with Gasteiger partial charge in [-0.05, 0) is 51.4 Å². The van der Waals surface area contributed by atoms with Crippen molar-refractivity contribution in [2.45, 2.75) is 346 Å². The minimum absolute atomic E-state index is 0.122. The molecule has 0 saturated carbocycles. The van der Waals surface area contributed by atoms with Crippen LogP contribution in [-0.2, 0) is 23.8 Å². The van der Waals surface area contributed by atoms with E-state index in [9.17, 15) is 35.1 Å². The van der Waals surface area contributed by atoms with E-state index in [4.69, 9.17) is 14.2 Å². The van der Waals surface area contributed by atoms with Crippen molar-refractivity contribution in [2.24, 2.45) is 0 Å². The van der Waals surface area contributed by atoms with Crippen LogP contribution in [0.5, 0.6) is 0 Å². The highest BCUT2D eigenvalue weighted by Gasteiger charge is 2.47. The fourth-order valence-corrected chi connectivity index (χ4v) is 9.88. The van der Waals surface area contributed by atoms with Gasteiger partial charge in [-0.1, -0.05) is 263 Å². The molecule has 11 heteroatoms. The SMILES string of the molecule is CCCCCCCC/C=C/CCCCCCCCCC(=O)OC1C(OCC(NC(=O)C(O)CCCCCCCCCCCCCCCCCC)C(O)/C=C/CCCCCCCCCCC)OC(CO)C(O)C1O. The van der Waals surface area contributed by atoms with Crippen LogP contribution in [0.25, 0.3) is 0 Å². The number of amides is 1. The summed E-state index contributed by atoms with van der Waals surface area (Å²) < 4.78 is 17.6. The summed E-state index contributed by atoms with van der Waals surface area (Å²) in [4.78, 5) is 26.5. The van der Waals surface area contributed by atoms with Crippen molar-refractivity contribution >= 4 is 11.9 Å². The molecular formula is C62H117NO10. The molecule has 1 aliphatic heterocycles. The van der Waals surface area contributed by atoms with E-state index in [0.29, 0.717) is 19.3 Å². The van der Waals surface area contributed by atoms with Crippen molar-refractivity contribution in [2.75, 3.05) is 13.2 Å². The van der Waals surface area contributed by atoms with Gasteiger partial charge in [0.25, 0.3) is 0 Å². The van der Waals surface area contributed by atoms with E-state index < -0.39 is 67.4 Å². The largest absolute Gasteiger partial charge is 0.454 e. The van der Waals surface area contributed by atoms with Crippen LogP contribution in [-0.4, -0.2) is 99.6 Å². The Hall–Kier alpha value is -1.86. The Labute approximate surface area is 448 Å². The topological polar surface area (TPSA) is 175 Å². The van der Waals surface area contributed by atoms with E-state index in [0.717, 1.165) is 70.6 Å². The molecule has 1 saturated heterocycles. The molecule has 1 amide bonds. The van der Waals surface area contributed by atoms with Crippen molar-refractivity contribution in [3.05, 3.63) is 24.3 Å². The zero-order chi connectivity index (χ0) is 53.3. The minimum atomic E-state index is -1.61. The Morgan fingerprint density at radius 2 is 0.904 bits per heavy atom. The summed E-state index contributed by atoms with van der Waals surface area (Å²) in [5.41, 5.74) is 0. The first-order valence-corrected chi connectivity index (χ1v) is 31.1. The number of unbranched alkanes of at least 4 members (excludes halogenated alkanes) is 37. The summed E-state index contributed by atoms with van der Waals surface area (Å²) in [5, 5.41) is 56.9. The van der Waals surface area contributed by atoms with Gasteiger partial charge in [-0.2, -0.15) is 0 Å². The van der Waals surface area contributed by atoms with Crippen LogP contribution in [0, 0.1) is 0 Å². The Kier molecular flexibility index (Phi) is 48.2. The first kappa shape index (κ1) is 69.2. The molecule has 8 unspecified atom stereocenters. The average Bonchev–Trinajstić information content (AvgIpc) is 3.39. The van der Waals surface area contributed by atoms with Crippen LogP contribution in [0.1, 0.15) is 297 Å². The van der Waals surface area contributed by atoms with Gasteiger partial charge in [-0.15, -0.1) is 0 Å². The van der Waals surface area contributed by atoms with Crippen LogP contribution in [0.15, 0.2) is 24.3 Å². The molecule has 0 bridgehead atoms. The van der Waals surface area contributed by atoms with Crippen LogP contribution in [0.3, 0.4) is 0 Å². The first-order chi connectivity index (χ1) is 35.7. The number of rotatable bonds is 53. The van der Waals surface area contributed by atoms with Gasteiger partial charge in [-0.25, -0.2) is 0 Å². The van der Waals surface area contributed by atoms with Gasteiger partial charge in [0.2, 0.25) is 5.91 Å². The second kappa shape index (κ2) is 50.9. The lowest BCUT2D eigenvalue weighted by Crippen LogP contribution is -2.61. The molecule has 11 nitrogen and oxygen atoms in total. The zero-order valence-electron chi connectivity index (χ0n) is 47.5. The smallest absolute Gasteiger partial charge is 0.306 e. The number of esters is 1. The van der Waals surface area contributed by atoms with E-state index >= 15 is 0 Å². The van der Waals surface area contributed by atoms with Crippen LogP contribution >= 0.6 is 0 Å². The molecule has 73 heavy (non-hydrogen) atoms. The number of nitrogens with one attached hydrogen (secondary N) is 1. The lowest BCUT2D eigenvalue weighted by molar-refractivity contribution is -0.305. The number of hydrogen-bond donors (Lipinski definition) is 6. The number of carbonyl (C=O) groups excluding carboxylic acids is 2. The lowest BCUT2D eigenvalue weighted by atomic mass is 9.99. The maximum atomic E-state index is 13.4. The third-order valence-corrected chi connectivity index (χ3v) is 14.9. The molecular weight excluding hydrogens is 919 g/mol. The van der Waals surface area contributed by atoms with Gasteiger partial charge in [0.05, 0.1) is 25.4 Å². The normalized spacial score (nSPS) is 19.5. The summed E-state index contributed by atoms with van der Waals surface area (Å²) in [6.07, 6.45) is 47.9. The molecule has 1 fully saturated rings. The monoisotopic (exact) mass is 1040 g/mol. The molecule has 8 atom stereocenters. The summed E-state index contributed by atoms with van der Waals surface area (Å²) in [5.74, 6) is -1.19.